The molecule has 0 radical (unpaired) electrons. The molecule has 6 heteroatoms. The van der Waals surface area contributed by atoms with Crippen molar-refractivity contribution in [3.8, 4) is 11.3 Å². The van der Waals surface area contributed by atoms with Gasteiger partial charge in [-0.25, -0.2) is 9.97 Å². The molecule has 0 spiro atoms. The number of ether oxygens (including phenoxy) is 1. The first-order valence-corrected chi connectivity index (χ1v) is 7.89. The van der Waals surface area contributed by atoms with Crippen molar-refractivity contribution in [2.75, 3.05) is 18.5 Å². The predicted octanol–water partition coefficient (Wildman–Crippen LogP) is 2.40. The number of nitrogens with zero attached hydrogens (tertiary/aromatic N) is 4. The second-order valence-electron chi connectivity index (χ2n) is 5.87. The number of hydrogen-bond donors (Lipinski definition) is 1. The lowest BCUT2D eigenvalue weighted by molar-refractivity contribution is 0.120. The number of anilines is 1. The highest BCUT2D eigenvalue weighted by Crippen LogP contribution is 2.43. The van der Waals surface area contributed by atoms with E-state index in [1.807, 2.05) is 6.20 Å². The maximum Gasteiger partial charge on any atom is 0.222 e. The Bertz CT molecular complexity index is 638. The highest BCUT2D eigenvalue weighted by molar-refractivity contribution is 5.62. The van der Waals surface area contributed by atoms with E-state index in [-0.39, 0.29) is 6.10 Å². The smallest absolute Gasteiger partial charge is 0.222 e. The second kappa shape index (κ2) is 5.96. The van der Waals surface area contributed by atoms with Crippen LogP contribution in [0.15, 0.2) is 24.8 Å². The molecule has 114 valence electrons. The van der Waals surface area contributed by atoms with Gasteiger partial charge in [-0.15, -0.1) is 0 Å². The quantitative estimate of drug-likeness (QED) is 0.913. The Labute approximate surface area is 129 Å². The Hall–Kier alpha value is -2.08. The molecule has 2 aliphatic rings. The monoisotopic (exact) mass is 297 g/mol. The van der Waals surface area contributed by atoms with Gasteiger partial charge in [0.2, 0.25) is 5.95 Å². The Morgan fingerprint density at radius 3 is 2.82 bits per heavy atom. The fourth-order valence-corrected chi connectivity index (χ4v) is 2.79. The average molecular weight is 297 g/mol. The van der Waals surface area contributed by atoms with Gasteiger partial charge in [0.05, 0.1) is 23.7 Å². The SMILES string of the molecule is c1cnc(-c2cnc(NCC3CCCO3)nc2C2CC2)cn1. The van der Waals surface area contributed by atoms with Crippen LogP contribution < -0.4 is 5.32 Å². The molecule has 6 nitrogen and oxygen atoms in total. The molecule has 1 aliphatic carbocycles. The predicted molar refractivity (Wildman–Crippen MR) is 82.5 cm³/mol. The minimum atomic E-state index is 0.285. The van der Waals surface area contributed by atoms with Gasteiger partial charge in [0.15, 0.2) is 0 Å². The number of aromatic nitrogens is 4. The summed E-state index contributed by atoms with van der Waals surface area (Å²) < 4.78 is 5.62. The van der Waals surface area contributed by atoms with E-state index in [4.69, 9.17) is 9.72 Å². The summed E-state index contributed by atoms with van der Waals surface area (Å²) >= 11 is 0. The van der Waals surface area contributed by atoms with Crippen LogP contribution in [0.2, 0.25) is 0 Å². The molecular formula is C16H19N5O. The minimum Gasteiger partial charge on any atom is -0.376 e. The third-order valence-electron chi connectivity index (χ3n) is 4.13. The van der Waals surface area contributed by atoms with E-state index in [1.165, 1.54) is 12.8 Å². The number of hydrogen-bond acceptors (Lipinski definition) is 6. The summed E-state index contributed by atoms with van der Waals surface area (Å²) in [6, 6.07) is 0. The van der Waals surface area contributed by atoms with Crippen LogP contribution in [-0.2, 0) is 4.74 Å². The zero-order valence-electron chi connectivity index (χ0n) is 12.4. The molecule has 0 amide bonds. The highest BCUT2D eigenvalue weighted by Gasteiger charge is 2.29. The van der Waals surface area contributed by atoms with Crippen molar-refractivity contribution in [1.29, 1.82) is 0 Å². The third-order valence-corrected chi connectivity index (χ3v) is 4.13. The van der Waals surface area contributed by atoms with Gasteiger partial charge in [-0.1, -0.05) is 0 Å². The molecule has 4 rings (SSSR count). The van der Waals surface area contributed by atoms with Gasteiger partial charge in [0.25, 0.3) is 0 Å². The molecule has 0 bridgehead atoms. The minimum absolute atomic E-state index is 0.285. The molecule has 1 saturated heterocycles. The Balaban J connectivity index is 1.56. The van der Waals surface area contributed by atoms with Crippen LogP contribution in [0, 0.1) is 0 Å². The van der Waals surface area contributed by atoms with E-state index < -0.39 is 0 Å². The van der Waals surface area contributed by atoms with Gasteiger partial charge < -0.3 is 10.1 Å². The molecule has 22 heavy (non-hydrogen) atoms. The van der Waals surface area contributed by atoms with Gasteiger partial charge in [-0.2, -0.15) is 0 Å². The summed E-state index contributed by atoms with van der Waals surface area (Å²) in [4.78, 5) is 17.7. The first-order chi connectivity index (χ1) is 10.9. The lowest BCUT2D eigenvalue weighted by Crippen LogP contribution is -2.20. The molecule has 2 fully saturated rings. The third kappa shape index (κ3) is 2.92. The maximum absolute atomic E-state index is 5.62. The summed E-state index contributed by atoms with van der Waals surface area (Å²) in [5, 5.41) is 3.31. The van der Waals surface area contributed by atoms with E-state index >= 15 is 0 Å². The molecule has 2 aromatic rings. The van der Waals surface area contributed by atoms with Crippen LogP contribution in [-0.4, -0.2) is 39.2 Å². The molecule has 1 saturated carbocycles. The van der Waals surface area contributed by atoms with Gasteiger partial charge in [0.1, 0.15) is 0 Å². The molecule has 2 aromatic heterocycles. The topological polar surface area (TPSA) is 72.8 Å². The zero-order chi connectivity index (χ0) is 14.8. The fraction of sp³-hybridized carbons (Fsp3) is 0.500. The molecule has 1 aliphatic heterocycles. The van der Waals surface area contributed by atoms with Crippen molar-refractivity contribution in [1.82, 2.24) is 19.9 Å². The van der Waals surface area contributed by atoms with Crippen molar-refractivity contribution >= 4 is 5.95 Å². The van der Waals surface area contributed by atoms with Crippen molar-refractivity contribution in [3.63, 3.8) is 0 Å². The average Bonchev–Trinajstić information content (AvgIpc) is 3.29. The first-order valence-electron chi connectivity index (χ1n) is 7.89. The van der Waals surface area contributed by atoms with Crippen LogP contribution in [0.3, 0.4) is 0 Å². The second-order valence-corrected chi connectivity index (χ2v) is 5.87. The van der Waals surface area contributed by atoms with E-state index in [1.54, 1.807) is 18.6 Å². The van der Waals surface area contributed by atoms with Gasteiger partial charge >= 0.3 is 0 Å². The van der Waals surface area contributed by atoms with Crippen molar-refractivity contribution < 1.29 is 4.74 Å². The standard InChI is InChI=1S/C16H19N5O/c1-2-12(22-7-1)8-19-16-20-9-13(14-10-17-5-6-18-14)15(21-16)11-3-4-11/h5-6,9-12H,1-4,7-8H2,(H,19,20,21). The molecular weight excluding hydrogens is 278 g/mol. The molecule has 0 aromatic carbocycles. The van der Waals surface area contributed by atoms with Crippen molar-refractivity contribution in [3.05, 3.63) is 30.5 Å². The van der Waals surface area contributed by atoms with Crippen LogP contribution in [0.4, 0.5) is 5.95 Å². The fourth-order valence-electron chi connectivity index (χ4n) is 2.79. The lowest BCUT2D eigenvalue weighted by atomic mass is 10.1. The summed E-state index contributed by atoms with van der Waals surface area (Å²) in [6.07, 6.45) is 11.9. The molecule has 1 unspecified atom stereocenters. The molecule has 1 atom stereocenters. The van der Waals surface area contributed by atoms with Crippen LogP contribution in [0.1, 0.15) is 37.3 Å². The van der Waals surface area contributed by atoms with Crippen LogP contribution in [0.25, 0.3) is 11.3 Å². The summed E-state index contributed by atoms with van der Waals surface area (Å²) in [5.41, 5.74) is 2.93. The summed E-state index contributed by atoms with van der Waals surface area (Å²) in [7, 11) is 0. The largest absolute Gasteiger partial charge is 0.376 e. The van der Waals surface area contributed by atoms with Gasteiger partial charge in [0, 0.05) is 43.2 Å². The molecule has 1 N–H and O–H groups in total. The van der Waals surface area contributed by atoms with Gasteiger partial charge in [-0.05, 0) is 25.7 Å². The van der Waals surface area contributed by atoms with E-state index in [2.05, 4.69) is 20.3 Å². The maximum atomic E-state index is 5.62. The normalized spacial score (nSPS) is 21.0. The first kappa shape index (κ1) is 13.6. The summed E-state index contributed by atoms with van der Waals surface area (Å²) in [6.45, 7) is 1.64. The highest BCUT2D eigenvalue weighted by atomic mass is 16.5. The Morgan fingerprint density at radius 2 is 2.09 bits per heavy atom. The van der Waals surface area contributed by atoms with E-state index in [9.17, 15) is 0 Å². The van der Waals surface area contributed by atoms with E-state index in [0.717, 1.165) is 42.9 Å². The number of rotatable bonds is 5. The Kier molecular flexibility index (Phi) is 3.68. The van der Waals surface area contributed by atoms with Crippen LogP contribution >= 0.6 is 0 Å². The van der Waals surface area contributed by atoms with Gasteiger partial charge in [-0.3, -0.25) is 9.97 Å². The summed E-state index contributed by atoms with van der Waals surface area (Å²) in [5.74, 6) is 1.22. The number of nitrogens with one attached hydrogen (secondary N) is 1. The van der Waals surface area contributed by atoms with Crippen molar-refractivity contribution in [2.45, 2.75) is 37.7 Å². The zero-order valence-corrected chi connectivity index (χ0v) is 12.4. The lowest BCUT2D eigenvalue weighted by Gasteiger charge is -2.13. The van der Waals surface area contributed by atoms with E-state index in [0.29, 0.717) is 11.9 Å². The molecule has 3 heterocycles. The Morgan fingerprint density at radius 1 is 1.14 bits per heavy atom. The van der Waals surface area contributed by atoms with Crippen molar-refractivity contribution in [2.24, 2.45) is 0 Å². The van der Waals surface area contributed by atoms with Crippen LogP contribution in [0.5, 0.6) is 0 Å².